The Morgan fingerprint density at radius 2 is 2.07 bits per heavy atom. The molecule has 2 N–H and O–H groups in total. The number of hydrogen-bond acceptors (Lipinski definition) is 3. The van der Waals surface area contributed by atoms with Crippen molar-refractivity contribution in [2.24, 2.45) is 0 Å². The molecule has 3 heteroatoms. The van der Waals surface area contributed by atoms with Crippen LogP contribution in [-0.4, -0.2) is 17.3 Å². The number of aromatic hydroxyl groups is 1. The Hall–Kier alpha value is -1.22. The fourth-order valence-corrected chi connectivity index (χ4v) is 1.77. The maximum absolute atomic E-state index is 10.0. The highest BCUT2D eigenvalue weighted by atomic mass is 16.5. The lowest BCUT2D eigenvalue weighted by atomic mass is 10.0. The van der Waals surface area contributed by atoms with E-state index in [-0.39, 0.29) is 5.75 Å². The van der Waals surface area contributed by atoms with E-state index >= 15 is 0 Å². The van der Waals surface area contributed by atoms with Crippen LogP contribution in [-0.2, 0) is 12.0 Å². The van der Waals surface area contributed by atoms with Gasteiger partial charge in [-0.2, -0.15) is 0 Å². The molecule has 1 aliphatic carbocycles. The number of rotatable bonds is 3. The highest BCUT2D eigenvalue weighted by Gasteiger charge is 2.44. The van der Waals surface area contributed by atoms with E-state index in [4.69, 9.17) is 4.74 Å². The molecule has 0 saturated heterocycles. The predicted octanol–water partition coefficient (Wildman–Crippen LogP) is 1.94. The van der Waals surface area contributed by atoms with Gasteiger partial charge in [0, 0.05) is 5.56 Å². The number of phenols is 1. The van der Waals surface area contributed by atoms with Crippen LogP contribution in [0.2, 0.25) is 0 Å². The summed E-state index contributed by atoms with van der Waals surface area (Å²) in [5.74, 6) is 0.527. The maximum atomic E-state index is 10.0. The first kappa shape index (κ1) is 10.3. The van der Waals surface area contributed by atoms with Crippen molar-refractivity contribution >= 4 is 0 Å². The van der Waals surface area contributed by atoms with Gasteiger partial charge in [0.1, 0.15) is 0 Å². The molecule has 0 bridgehead atoms. The van der Waals surface area contributed by atoms with Crippen LogP contribution in [0, 0.1) is 0 Å². The Labute approximate surface area is 89.3 Å². The van der Waals surface area contributed by atoms with E-state index in [1.807, 2.05) is 19.1 Å². The SMILES string of the molecule is CCc1cc(OC)c(O)c(C2(O)CC2)c1. The summed E-state index contributed by atoms with van der Waals surface area (Å²) >= 11 is 0. The Morgan fingerprint density at radius 3 is 2.53 bits per heavy atom. The molecule has 0 radical (unpaired) electrons. The van der Waals surface area contributed by atoms with E-state index in [0.29, 0.717) is 11.3 Å². The molecule has 0 unspecified atom stereocenters. The molecule has 1 aromatic rings. The van der Waals surface area contributed by atoms with Crippen LogP contribution >= 0.6 is 0 Å². The van der Waals surface area contributed by atoms with Crippen molar-refractivity contribution in [1.29, 1.82) is 0 Å². The van der Waals surface area contributed by atoms with Gasteiger partial charge in [-0.05, 0) is 37.0 Å². The fourth-order valence-electron chi connectivity index (χ4n) is 1.77. The Bertz CT molecular complexity index is 381. The third-order valence-corrected chi connectivity index (χ3v) is 2.99. The van der Waals surface area contributed by atoms with Crippen LogP contribution < -0.4 is 4.74 Å². The number of ether oxygens (including phenoxy) is 1. The fraction of sp³-hybridized carbons (Fsp3) is 0.500. The van der Waals surface area contributed by atoms with Crippen molar-refractivity contribution in [3.05, 3.63) is 23.3 Å². The summed E-state index contributed by atoms with van der Waals surface area (Å²) < 4.78 is 5.09. The molecule has 0 atom stereocenters. The number of aliphatic hydroxyl groups is 1. The number of phenolic OH excluding ortho intramolecular Hbond substituents is 1. The van der Waals surface area contributed by atoms with Crippen molar-refractivity contribution in [2.45, 2.75) is 31.8 Å². The molecule has 0 aromatic heterocycles. The van der Waals surface area contributed by atoms with Gasteiger partial charge < -0.3 is 14.9 Å². The Balaban J connectivity index is 2.52. The van der Waals surface area contributed by atoms with Gasteiger partial charge in [0.2, 0.25) is 0 Å². The molecule has 1 fully saturated rings. The zero-order chi connectivity index (χ0) is 11.1. The third-order valence-electron chi connectivity index (χ3n) is 2.99. The third kappa shape index (κ3) is 1.67. The second kappa shape index (κ2) is 3.42. The summed E-state index contributed by atoms with van der Waals surface area (Å²) in [6.07, 6.45) is 2.30. The van der Waals surface area contributed by atoms with E-state index in [2.05, 4.69) is 0 Å². The first-order valence-electron chi connectivity index (χ1n) is 5.23. The van der Waals surface area contributed by atoms with Crippen LogP contribution in [0.4, 0.5) is 0 Å². The molecule has 1 aliphatic rings. The quantitative estimate of drug-likeness (QED) is 0.798. The normalized spacial score (nSPS) is 17.5. The molecule has 15 heavy (non-hydrogen) atoms. The molecule has 0 aliphatic heterocycles. The summed E-state index contributed by atoms with van der Waals surface area (Å²) in [4.78, 5) is 0. The summed E-state index contributed by atoms with van der Waals surface area (Å²) in [7, 11) is 1.52. The molecule has 1 aromatic carbocycles. The minimum Gasteiger partial charge on any atom is -0.504 e. The monoisotopic (exact) mass is 208 g/mol. The summed E-state index contributed by atoms with van der Waals surface area (Å²) in [6.45, 7) is 2.03. The van der Waals surface area contributed by atoms with Gasteiger partial charge in [-0.25, -0.2) is 0 Å². The second-order valence-corrected chi connectivity index (χ2v) is 4.08. The van der Waals surface area contributed by atoms with E-state index in [1.54, 1.807) is 0 Å². The first-order valence-corrected chi connectivity index (χ1v) is 5.23. The minimum atomic E-state index is -0.817. The number of methoxy groups -OCH3 is 1. The maximum Gasteiger partial charge on any atom is 0.163 e. The number of benzene rings is 1. The molecule has 2 rings (SSSR count). The smallest absolute Gasteiger partial charge is 0.163 e. The average Bonchev–Trinajstić information content (AvgIpc) is 2.98. The van der Waals surface area contributed by atoms with E-state index < -0.39 is 5.60 Å². The lowest BCUT2D eigenvalue weighted by molar-refractivity contribution is 0.147. The molecular formula is C12H16O3. The zero-order valence-electron chi connectivity index (χ0n) is 9.08. The average molecular weight is 208 g/mol. The summed E-state index contributed by atoms with van der Waals surface area (Å²) in [5.41, 5.74) is 0.862. The highest BCUT2D eigenvalue weighted by molar-refractivity contribution is 5.52. The van der Waals surface area contributed by atoms with Gasteiger partial charge in [0.15, 0.2) is 11.5 Å². The Kier molecular flexibility index (Phi) is 2.35. The van der Waals surface area contributed by atoms with E-state index in [9.17, 15) is 10.2 Å². The van der Waals surface area contributed by atoms with Crippen molar-refractivity contribution < 1.29 is 14.9 Å². The lowest BCUT2D eigenvalue weighted by Gasteiger charge is -2.15. The van der Waals surface area contributed by atoms with Crippen LogP contribution in [0.15, 0.2) is 12.1 Å². The van der Waals surface area contributed by atoms with Gasteiger partial charge in [0.05, 0.1) is 12.7 Å². The molecule has 3 nitrogen and oxygen atoms in total. The first-order chi connectivity index (χ1) is 7.10. The van der Waals surface area contributed by atoms with Gasteiger partial charge in [0.25, 0.3) is 0 Å². The molecule has 0 amide bonds. The van der Waals surface area contributed by atoms with E-state index in [1.165, 1.54) is 7.11 Å². The molecule has 82 valence electrons. The van der Waals surface area contributed by atoms with E-state index in [0.717, 1.165) is 24.8 Å². The van der Waals surface area contributed by atoms with Crippen molar-refractivity contribution in [2.75, 3.05) is 7.11 Å². The van der Waals surface area contributed by atoms with Crippen molar-refractivity contribution in [3.63, 3.8) is 0 Å². The number of hydrogen-bond donors (Lipinski definition) is 2. The molecular weight excluding hydrogens is 192 g/mol. The van der Waals surface area contributed by atoms with Crippen LogP contribution in [0.25, 0.3) is 0 Å². The topological polar surface area (TPSA) is 49.7 Å². The molecule has 1 saturated carbocycles. The van der Waals surface area contributed by atoms with Crippen LogP contribution in [0.3, 0.4) is 0 Å². The standard InChI is InChI=1S/C12H16O3/c1-3-8-6-9(12(14)4-5-12)11(13)10(7-8)15-2/h6-7,13-14H,3-5H2,1-2H3. The predicted molar refractivity (Wildman–Crippen MR) is 57.2 cm³/mol. The van der Waals surface area contributed by atoms with Crippen molar-refractivity contribution in [1.82, 2.24) is 0 Å². The van der Waals surface area contributed by atoms with Gasteiger partial charge in [-0.3, -0.25) is 0 Å². The molecule has 0 heterocycles. The largest absolute Gasteiger partial charge is 0.504 e. The van der Waals surface area contributed by atoms with Gasteiger partial charge in [-0.15, -0.1) is 0 Å². The highest BCUT2D eigenvalue weighted by Crippen LogP contribution is 2.51. The second-order valence-electron chi connectivity index (χ2n) is 4.08. The van der Waals surface area contributed by atoms with Crippen LogP contribution in [0.5, 0.6) is 11.5 Å². The summed E-state index contributed by atoms with van der Waals surface area (Å²) in [6, 6.07) is 3.68. The minimum absolute atomic E-state index is 0.0784. The van der Waals surface area contributed by atoms with Gasteiger partial charge >= 0.3 is 0 Å². The Morgan fingerprint density at radius 1 is 1.40 bits per heavy atom. The van der Waals surface area contributed by atoms with Gasteiger partial charge in [-0.1, -0.05) is 6.92 Å². The van der Waals surface area contributed by atoms with Crippen molar-refractivity contribution in [3.8, 4) is 11.5 Å². The number of aryl methyl sites for hydroxylation is 1. The summed E-state index contributed by atoms with van der Waals surface area (Å²) in [5, 5.41) is 19.9. The lowest BCUT2D eigenvalue weighted by Crippen LogP contribution is -2.06. The molecule has 0 spiro atoms. The zero-order valence-corrected chi connectivity index (χ0v) is 9.08. The van der Waals surface area contributed by atoms with Crippen LogP contribution in [0.1, 0.15) is 30.9 Å².